The molecule has 32 heavy (non-hydrogen) atoms. The molecule has 2 aromatic heterocycles. The van der Waals surface area contributed by atoms with Gasteiger partial charge in [0.2, 0.25) is 5.91 Å². The second-order valence-corrected chi connectivity index (χ2v) is 7.70. The standard InChI is InChI=1S/C22H29N7O3/c1-3-18(26-19-14-25-27-22(31)16(19)2)15-32-11-6-21(30)29-9-7-28(8-10-29)20-5-4-17(12-23)13-24-20/h4-5,13-14,18H,3,6-11,15H2,1-2H3,(H2,26,27,31)/t18-/m1/s1. The Balaban J connectivity index is 1.38. The monoisotopic (exact) mass is 439 g/mol. The SMILES string of the molecule is CC[C@H](COCCC(=O)N1CCN(c2ccc(C#N)cn2)CC1)Nc1cn[nH]c(=O)c1C. The van der Waals surface area contributed by atoms with Gasteiger partial charge in [-0.1, -0.05) is 6.92 Å². The smallest absolute Gasteiger partial charge is 0.269 e. The highest BCUT2D eigenvalue weighted by atomic mass is 16.5. The van der Waals surface area contributed by atoms with Crippen LogP contribution in [0, 0.1) is 18.3 Å². The number of H-pyrrole nitrogens is 1. The third-order valence-electron chi connectivity index (χ3n) is 5.57. The van der Waals surface area contributed by atoms with Gasteiger partial charge in [-0.25, -0.2) is 10.1 Å². The van der Waals surface area contributed by atoms with Crippen LogP contribution in [0.1, 0.15) is 30.9 Å². The number of aromatic amines is 1. The number of pyridine rings is 1. The Bertz CT molecular complexity index is 992. The number of nitriles is 1. The Kier molecular flexibility index (Phi) is 8.16. The summed E-state index contributed by atoms with van der Waals surface area (Å²) in [5, 5.41) is 18.4. The molecule has 0 spiro atoms. The Morgan fingerprint density at radius 2 is 2.09 bits per heavy atom. The molecule has 1 saturated heterocycles. The van der Waals surface area contributed by atoms with Gasteiger partial charge in [-0.3, -0.25) is 9.59 Å². The first-order valence-electron chi connectivity index (χ1n) is 10.8. The lowest BCUT2D eigenvalue weighted by atomic mass is 10.2. The van der Waals surface area contributed by atoms with Gasteiger partial charge in [0.25, 0.3) is 5.56 Å². The maximum absolute atomic E-state index is 12.5. The van der Waals surface area contributed by atoms with E-state index in [1.54, 1.807) is 25.4 Å². The van der Waals surface area contributed by atoms with Gasteiger partial charge in [0.05, 0.1) is 37.1 Å². The van der Waals surface area contributed by atoms with Crippen LogP contribution in [0.2, 0.25) is 0 Å². The molecule has 1 amide bonds. The van der Waals surface area contributed by atoms with Crippen LogP contribution in [0.25, 0.3) is 0 Å². The lowest BCUT2D eigenvalue weighted by Gasteiger charge is -2.35. The summed E-state index contributed by atoms with van der Waals surface area (Å²) in [4.78, 5) is 32.5. The largest absolute Gasteiger partial charge is 0.379 e. The molecule has 10 heteroatoms. The van der Waals surface area contributed by atoms with E-state index in [-0.39, 0.29) is 17.5 Å². The lowest BCUT2D eigenvalue weighted by molar-refractivity contribution is -0.132. The highest BCUT2D eigenvalue weighted by Gasteiger charge is 2.21. The number of carbonyl (C=O) groups excluding carboxylic acids is 1. The maximum Gasteiger partial charge on any atom is 0.269 e. The Labute approximate surface area is 187 Å². The van der Waals surface area contributed by atoms with Crippen LogP contribution in [0.4, 0.5) is 11.5 Å². The summed E-state index contributed by atoms with van der Waals surface area (Å²) in [6.45, 7) is 7.24. The van der Waals surface area contributed by atoms with E-state index in [0.717, 1.165) is 12.2 Å². The number of ether oxygens (including phenoxy) is 1. The molecule has 0 aliphatic carbocycles. The molecular weight excluding hydrogens is 410 g/mol. The summed E-state index contributed by atoms with van der Waals surface area (Å²) in [5.41, 5.74) is 1.60. The second-order valence-electron chi connectivity index (χ2n) is 7.70. The van der Waals surface area contributed by atoms with E-state index in [1.807, 2.05) is 17.9 Å². The van der Waals surface area contributed by atoms with Crippen LogP contribution in [-0.4, -0.2) is 71.4 Å². The topological polar surface area (TPSA) is 127 Å². The fourth-order valence-corrected chi connectivity index (χ4v) is 3.45. The molecule has 0 unspecified atom stereocenters. The number of carbonyl (C=O) groups is 1. The van der Waals surface area contributed by atoms with Crippen molar-refractivity contribution < 1.29 is 9.53 Å². The zero-order chi connectivity index (χ0) is 22.9. The third-order valence-corrected chi connectivity index (χ3v) is 5.57. The van der Waals surface area contributed by atoms with Gasteiger partial charge in [0.1, 0.15) is 11.9 Å². The number of nitrogens with one attached hydrogen (secondary N) is 2. The Morgan fingerprint density at radius 1 is 1.31 bits per heavy atom. The molecule has 0 bridgehead atoms. The zero-order valence-electron chi connectivity index (χ0n) is 18.5. The molecule has 1 aliphatic rings. The predicted octanol–water partition coefficient (Wildman–Crippen LogP) is 1.29. The number of hydrogen-bond acceptors (Lipinski definition) is 8. The van der Waals surface area contributed by atoms with Gasteiger partial charge in [-0.2, -0.15) is 10.4 Å². The zero-order valence-corrected chi connectivity index (χ0v) is 18.5. The number of anilines is 2. The predicted molar refractivity (Wildman–Crippen MR) is 120 cm³/mol. The summed E-state index contributed by atoms with van der Waals surface area (Å²) in [6, 6.07) is 5.68. The summed E-state index contributed by atoms with van der Waals surface area (Å²) < 4.78 is 5.74. The van der Waals surface area contributed by atoms with Crippen molar-refractivity contribution in [3.8, 4) is 6.07 Å². The van der Waals surface area contributed by atoms with E-state index in [9.17, 15) is 9.59 Å². The minimum atomic E-state index is -0.216. The average Bonchev–Trinajstić information content (AvgIpc) is 2.83. The van der Waals surface area contributed by atoms with Crippen LogP contribution in [-0.2, 0) is 9.53 Å². The molecule has 1 atom stereocenters. The summed E-state index contributed by atoms with van der Waals surface area (Å²) in [5.74, 6) is 0.900. The minimum Gasteiger partial charge on any atom is -0.379 e. The number of hydrogen-bond donors (Lipinski definition) is 2. The van der Waals surface area contributed by atoms with Crippen molar-refractivity contribution in [2.24, 2.45) is 0 Å². The molecular formula is C22H29N7O3. The number of rotatable bonds is 9. The van der Waals surface area contributed by atoms with Crippen molar-refractivity contribution in [1.29, 1.82) is 5.26 Å². The van der Waals surface area contributed by atoms with E-state index in [4.69, 9.17) is 10.00 Å². The fourth-order valence-electron chi connectivity index (χ4n) is 3.45. The van der Waals surface area contributed by atoms with Crippen molar-refractivity contribution in [3.63, 3.8) is 0 Å². The maximum atomic E-state index is 12.5. The van der Waals surface area contributed by atoms with Crippen molar-refractivity contribution in [2.45, 2.75) is 32.7 Å². The molecule has 1 fully saturated rings. The average molecular weight is 440 g/mol. The van der Waals surface area contributed by atoms with Crippen LogP contribution in [0.5, 0.6) is 0 Å². The molecule has 0 radical (unpaired) electrons. The van der Waals surface area contributed by atoms with Crippen LogP contribution in [0.15, 0.2) is 29.3 Å². The normalized spacial score (nSPS) is 14.7. The molecule has 2 aromatic rings. The molecule has 2 N–H and O–H groups in total. The van der Waals surface area contributed by atoms with Crippen molar-refractivity contribution in [3.05, 3.63) is 46.0 Å². The van der Waals surface area contributed by atoms with Crippen molar-refractivity contribution in [1.82, 2.24) is 20.1 Å². The Hall–Kier alpha value is -3.45. The number of piperazine rings is 1. The van der Waals surface area contributed by atoms with Crippen molar-refractivity contribution >= 4 is 17.4 Å². The van der Waals surface area contributed by atoms with Crippen molar-refractivity contribution in [2.75, 3.05) is 49.6 Å². The molecule has 10 nitrogen and oxygen atoms in total. The first-order chi connectivity index (χ1) is 15.5. The molecule has 0 saturated carbocycles. The first kappa shape index (κ1) is 23.2. The molecule has 3 heterocycles. The number of aromatic nitrogens is 3. The highest BCUT2D eigenvalue weighted by Crippen LogP contribution is 2.15. The lowest BCUT2D eigenvalue weighted by Crippen LogP contribution is -2.49. The first-order valence-corrected chi connectivity index (χ1v) is 10.8. The molecule has 170 valence electrons. The van der Waals surface area contributed by atoms with Gasteiger partial charge < -0.3 is 19.9 Å². The number of nitrogens with zero attached hydrogens (tertiary/aromatic N) is 5. The Morgan fingerprint density at radius 3 is 2.75 bits per heavy atom. The van der Waals surface area contributed by atoms with E-state index in [0.29, 0.717) is 62.6 Å². The van der Waals surface area contributed by atoms with Crippen LogP contribution in [0.3, 0.4) is 0 Å². The van der Waals surface area contributed by atoms with E-state index >= 15 is 0 Å². The van der Waals surface area contributed by atoms with E-state index in [2.05, 4.69) is 31.5 Å². The minimum absolute atomic E-state index is 0.0240. The van der Waals surface area contributed by atoms with Gasteiger partial charge in [0, 0.05) is 44.0 Å². The van der Waals surface area contributed by atoms with Gasteiger partial charge in [-0.05, 0) is 25.5 Å². The summed E-state index contributed by atoms with van der Waals surface area (Å²) in [6.07, 6.45) is 4.30. The van der Waals surface area contributed by atoms with E-state index < -0.39 is 0 Å². The van der Waals surface area contributed by atoms with Gasteiger partial charge in [0.15, 0.2) is 0 Å². The third kappa shape index (κ3) is 6.04. The molecule has 3 rings (SSSR count). The molecule has 0 aromatic carbocycles. The fraction of sp³-hybridized carbons (Fsp3) is 0.500. The van der Waals surface area contributed by atoms with Crippen LogP contribution >= 0.6 is 0 Å². The van der Waals surface area contributed by atoms with E-state index in [1.165, 1.54) is 0 Å². The molecule has 1 aliphatic heterocycles. The summed E-state index contributed by atoms with van der Waals surface area (Å²) >= 11 is 0. The van der Waals surface area contributed by atoms with Crippen LogP contribution < -0.4 is 15.8 Å². The highest BCUT2D eigenvalue weighted by molar-refractivity contribution is 5.76. The quantitative estimate of drug-likeness (QED) is 0.560. The second kappa shape index (κ2) is 11.2. The van der Waals surface area contributed by atoms with Gasteiger partial charge >= 0.3 is 0 Å². The summed E-state index contributed by atoms with van der Waals surface area (Å²) in [7, 11) is 0. The van der Waals surface area contributed by atoms with Gasteiger partial charge in [-0.15, -0.1) is 0 Å². The number of amides is 1.